The molecule has 1 saturated carbocycles. The van der Waals surface area contributed by atoms with E-state index in [0.717, 1.165) is 55.3 Å². The third-order valence-corrected chi connectivity index (χ3v) is 8.49. The summed E-state index contributed by atoms with van der Waals surface area (Å²) in [5.41, 5.74) is 7.32. The number of hydrogen-bond acceptors (Lipinski definition) is 5. The summed E-state index contributed by atoms with van der Waals surface area (Å²) in [4.78, 5) is 11.0. The first-order chi connectivity index (χ1) is 18.7. The molecule has 1 aromatic rings. The third-order valence-electron chi connectivity index (χ3n) is 7.39. The zero-order valence-electron chi connectivity index (χ0n) is 26.1. The number of nitrogens with one attached hydrogen (secondary N) is 2. The monoisotopic (exact) mass is 553 g/mol. The van der Waals surface area contributed by atoms with Crippen molar-refractivity contribution >= 4 is 24.3 Å². The smallest absolute Gasteiger partial charge is 0.144 e. The summed E-state index contributed by atoms with van der Waals surface area (Å²) in [5, 5.41) is 6.27. The van der Waals surface area contributed by atoms with Crippen LogP contribution in [0.4, 0.5) is 0 Å². The molecule has 3 aliphatic rings. The van der Waals surface area contributed by atoms with Crippen LogP contribution in [0.5, 0.6) is 0 Å². The molecular formula is C33H55N5S. The molecule has 5 nitrogen and oxygen atoms in total. The van der Waals surface area contributed by atoms with Crippen molar-refractivity contribution in [3.63, 3.8) is 0 Å². The zero-order chi connectivity index (χ0) is 28.9. The first kappa shape index (κ1) is 33.3. The van der Waals surface area contributed by atoms with E-state index in [1.54, 1.807) is 0 Å². The number of allylic oxidation sites excluding steroid dienone is 2. The van der Waals surface area contributed by atoms with Gasteiger partial charge in [0.25, 0.3) is 0 Å². The molecule has 1 heterocycles. The molecule has 0 bridgehead atoms. The minimum Gasteiger partial charge on any atom is -0.305 e. The van der Waals surface area contributed by atoms with E-state index in [2.05, 4.69) is 105 Å². The first-order valence-corrected chi connectivity index (χ1v) is 16.2. The van der Waals surface area contributed by atoms with Crippen LogP contribution in [-0.2, 0) is 6.54 Å². The quantitative estimate of drug-likeness (QED) is 0.252. The topological polar surface area (TPSA) is 52.0 Å². The average molecular weight is 554 g/mol. The number of thioether (sulfide) groups is 1. The average Bonchev–Trinajstić information content (AvgIpc) is 3.12. The minimum absolute atomic E-state index is 0.0833. The molecule has 6 heteroatoms. The van der Waals surface area contributed by atoms with Gasteiger partial charge in [-0.3, -0.25) is 9.98 Å². The number of benzene rings is 1. The number of nitrogens with zero attached hydrogens (tertiary/aromatic N) is 3. The highest BCUT2D eigenvalue weighted by Crippen LogP contribution is 2.35. The molecule has 0 amide bonds. The predicted octanol–water partition coefficient (Wildman–Crippen LogP) is 8.19. The van der Waals surface area contributed by atoms with Crippen molar-refractivity contribution in [3.05, 3.63) is 53.3 Å². The number of fused-ring (bicyclic) bond motifs is 1. The van der Waals surface area contributed by atoms with Crippen molar-refractivity contribution in [3.8, 4) is 0 Å². The summed E-state index contributed by atoms with van der Waals surface area (Å²) in [7, 11) is 0. The van der Waals surface area contributed by atoms with Crippen LogP contribution >= 0.6 is 11.8 Å². The normalized spacial score (nSPS) is 20.8. The maximum Gasteiger partial charge on any atom is 0.144 e. The van der Waals surface area contributed by atoms with E-state index in [0.29, 0.717) is 5.92 Å². The van der Waals surface area contributed by atoms with Crippen LogP contribution in [-0.4, -0.2) is 47.5 Å². The van der Waals surface area contributed by atoms with Crippen molar-refractivity contribution in [2.24, 2.45) is 15.9 Å². The molecule has 1 fully saturated rings. The van der Waals surface area contributed by atoms with Gasteiger partial charge in [0, 0.05) is 40.4 Å². The van der Waals surface area contributed by atoms with Crippen LogP contribution in [0.1, 0.15) is 99.5 Å². The molecular weight excluding hydrogens is 498 g/mol. The standard InChI is InChI=1S/C28H41N5S.C3H8.C2H6/c1-6-27(3,4)32-28(14-9-15-28)20-30-26(23-18-21(2)12-13-24(23)29-5)31-33-16-17-34-25-11-8-7-10-22(25)19-33;1-3-2;1-2/h7-8,10-11,13,18,21,32H,5-6,9,12,14-17,19-20H2,1-4H3,(H,30,31);3H2,1-2H3;1-2H3. The van der Waals surface area contributed by atoms with E-state index in [4.69, 9.17) is 4.99 Å². The lowest BCUT2D eigenvalue weighted by molar-refractivity contribution is 0.138. The summed E-state index contributed by atoms with van der Waals surface area (Å²) < 4.78 is 0. The molecule has 2 N–H and O–H groups in total. The molecule has 1 unspecified atom stereocenters. The Morgan fingerprint density at radius 3 is 2.49 bits per heavy atom. The number of hydrogen-bond donors (Lipinski definition) is 2. The maximum absolute atomic E-state index is 5.27. The molecule has 1 atom stereocenters. The second kappa shape index (κ2) is 16.4. The highest BCUT2D eigenvalue weighted by Gasteiger charge is 2.40. The molecule has 218 valence electrons. The Kier molecular flexibility index (Phi) is 14.0. The van der Waals surface area contributed by atoms with Gasteiger partial charge in [-0.1, -0.05) is 78.3 Å². The highest BCUT2D eigenvalue weighted by molar-refractivity contribution is 7.99. The van der Waals surface area contributed by atoms with Crippen LogP contribution in [0.25, 0.3) is 0 Å². The van der Waals surface area contributed by atoms with Crippen LogP contribution in [0.15, 0.2) is 62.6 Å². The number of aliphatic imine (C=N–C) groups is 2. The molecule has 2 aliphatic carbocycles. The Morgan fingerprint density at radius 1 is 1.18 bits per heavy atom. The van der Waals surface area contributed by atoms with Gasteiger partial charge in [0.2, 0.25) is 0 Å². The largest absolute Gasteiger partial charge is 0.305 e. The lowest BCUT2D eigenvalue weighted by Gasteiger charge is -2.47. The molecule has 4 rings (SSSR count). The lowest BCUT2D eigenvalue weighted by Crippen LogP contribution is -2.61. The van der Waals surface area contributed by atoms with Gasteiger partial charge >= 0.3 is 0 Å². The fourth-order valence-electron chi connectivity index (χ4n) is 4.91. The Hall–Kier alpha value is -1.89. The number of hydrazine groups is 1. The van der Waals surface area contributed by atoms with Crippen molar-refractivity contribution in [2.45, 2.75) is 116 Å². The molecule has 0 saturated heterocycles. The van der Waals surface area contributed by atoms with Gasteiger partial charge in [-0.15, -0.1) is 11.8 Å². The van der Waals surface area contributed by atoms with E-state index in [9.17, 15) is 0 Å². The van der Waals surface area contributed by atoms with Gasteiger partial charge < -0.3 is 10.7 Å². The number of rotatable bonds is 8. The van der Waals surface area contributed by atoms with Gasteiger partial charge in [-0.25, -0.2) is 5.01 Å². The van der Waals surface area contributed by atoms with Crippen LogP contribution in [0, 0.1) is 5.92 Å². The van der Waals surface area contributed by atoms with Crippen molar-refractivity contribution in [1.29, 1.82) is 0 Å². The Labute approximate surface area is 244 Å². The zero-order valence-corrected chi connectivity index (χ0v) is 26.9. The lowest BCUT2D eigenvalue weighted by atomic mass is 9.75. The van der Waals surface area contributed by atoms with E-state index < -0.39 is 0 Å². The Bertz CT molecular complexity index is 990. The molecule has 1 aliphatic heterocycles. The van der Waals surface area contributed by atoms with Crippen molar-refractivity contribution < 1.29 is 0 Å². The second-order valence-electron chi connectivity index (χ2n) is 11.4. The van der Waals surface area contributed by atoms with E-state index >= 15 is 0 Å². The Morgan fingerprint density at radius 2 is 1.87 bits per heavy atom. The summed E-state index contributed by atoms with van der Waals surface area (Å²) in [5.74, 6) is 2.44. The summed E-state index contributed by atoms with van der Waals surface area (Å²) in [6, 6.07) is 8.73. The van der Waals surface area contributed by atoms with Gasteiger partial charge in [-0.05, 0) is 70.2 Å². The summed E-state index contributed by atoms with van der Waals surface area (Å²) >= 11 is 1.93. The molecule has 39 heavy (non-hydrogen) atoms. The van der Waals surface area contributed by atoms with E-state index in [1.807, 2.05) is 25.6 Å². The fraction of sp³-hybridized carbons (Fsp3) is 0.636. The van der Waals surface area contributed by atoms with Crippen molar-refractivity contribution in [2.75, 3.05) is 18.8 Å². The summed E-state index contributed by atoms with van der Waals surface area (Å²) in [6.45, 7) is 23.8. The van der Waals surface area contributed by atoms with Gasteiger partial charge in [0.1, 0.15) is 5.84 Å². The number of amidine groups is 1. The maximum atomic E-state index is 5.27. The first-order valence-electron chi connectivity index (χ1n) is 15.2. The van der Waals surface area contributed by atoms with Crippen LogP contribution < -0.4 is 10.7 Å². The molecule has 0 radical (unpaired) electrons. The van der Waals surface area contributed by atoms with Gasteiger partial charge in [-0.2, -0.15) is 0 Å². The molecule has 0 spiro atoms. The predicted molar refractivity (Wildman–Crippen MR) is 174 cm³/mol. The van der Waals surface area contributed by atoms with Crippen molar-refractivity contribution in [1.82, 2.24) is 15.8 Å². The minimum atomic E-state index is 0.0833. The van der Waals surface area contributed by atoms with E-state index in [-0.39, 0.29) is 11.1 Å². The van der Waals surface area contributed by atoms with Crippen LogP contribution in [0.2, 0.25) is 0 Å². The second-order valence-corrected chi connectivity index (χ2v) is 12.5. The van der Waals surface area contributed by atoms with Gasteiger partial charge in [0.15, 0.2) is 0 Å². The fourth-order valence-corrected chi connectivity index (χ4v) is 5.93. The SMILES string of the molecule is C=NC1=CCC(C)C=C1C(=NCC1(NC(C)(C)CC)CCC1)NN1CCSc2ccccc2C1.CC.CCC. The molecule has 1 aromatic carbocycles. The van der Waals surface area contributed by atoms with Crippen LogP contribution in [0.3, 0.4) is 0 Å². The summed E-state index contributed by atoms with van der Waals surface area (Å²) in [6.07, 6.45) is 11.5. The molecule has 0 aromatic heterocycles. The third kappa shape index (κ3) is 9.91. The Balaban J connectivity index is 0.000000998. The van der Waals surface area contributed by atoms with Gasteiger partial charge in [0.05, 0.1) is 12.2 Å². The highest BCUT2D eigenvalue weighted by atomic mass is 32.2. The van der Waals surface area contributed by atoms with E-state index in [1.165, 1.54) is 36.1 Å².